The third-order valence-electron chi connectivity index (χ3n) is 6.01. The number of piperidine rings is 1. The van der Waals surface area contributed by atoms with Gasteiger partial charge in [0.2, 0.25) is 0 Å². The van der Waals surface area contributed by atoms with E-state index in [1.165, 1.54) is 6.07 Å². The highest BCUT2D eigenvalue weighted by Crippen LogP contribution is 2.34. The van der Waals surface area contributed by atoms with E-state index in [1.54, 1.807) is 6.07 Å². The monoisotopic (exact) mass is 390 g/mol. The van der Waals surface area contributed by atoms with Crippen LogP contribution in [0, 0.1) is 12.7 Å². The summed E-state index contributed by atoms with van der Waals surface area (Å²) in [5.74, 6) is 0.474. The Morgan fingerprint density at radius 3 is 2.62 bits per heavy atom. The average Bonchev–Trinajstić information content (AvgIpc) is 3.05. The molecule has 6 heteroatoms. The maximum Gasteiger partial charge on any atom is 0.134 e. The maximum atomic E-state index is 14.5. The predicted octanol–water partition coefficient (Wildman–Crippen LogP) is 4.67. The van der Waals surface area contributed by atoms with Crippen molar-refractivity contribution in [3.05, 3.63) is 54.2 Å². The molecular formula is C23H23FN4O. The topological polar surface area (TPSA) is 54.2 Å². The quantitative estimate of drug-likeness (QED) is 0.540. The van der Waals surface area contributed by atoms with Crippen LogP contribution in [0.2, 0.25) is 0 Å². The summed E-state index contributed by atoms with van der Waals surface area (Å²) >= 11 is 0. The van der Waals surface area contributed by atoms with Crippen molar-refractivity contribution < 1.29 is 9.50 Å². The molecule has 3 heterocycles. The summed E-state index contributed by atoms with van der Waals surface area (Å²) in [5, 5.41) is 10.5. The van der Waals surface area contributed by atoms with Gasteiger partial charge in [0.05, 0.1) is 17.2 Å². The molecule has 0 amide bonds. The van der Waals surface area contributed by atoms with Gasteiger partial charge in [0.25, 0.3) is 0 Å². The molecule has 0 radical (unpaired) electrons. The van der Waals surface area contributed by atoms with E-state index in [0.717, 1.165) is 65.3 Å². The number of pyridine rings is 1. The van der Waals surface area contributed by atoms with Crippen LogP contribution in [0.5, 0.6) is 5.75 Å². The zero-order valence-electron chi connectivity index (χ0n) is 16.6. The fraction of sp³-hybridized carbons (Fsp3) is 0.304. The Bertz CT molecular complexity index is 1220. The van der Waals surface area contributed by atoms with Crippen LogP contribution in [0.3, 0.4) is 0 Å². The smallest absolute Gasteiger partial charge is 0.134 e. The summed E-state index contributed by atoms with van der Waals surface area (Å²) in [6.45, 7) is 4.18. The fourth-order valence-electron chi connectivity index (χ4n) is 4.50. The van der Waals surface area contributed by atoms with Gasteiger partial charge in [0, 0.05) is 23.1 Å². The minimum Gasteiger partial charge on any atom is -0.508 e. The molecule has 0 saturated carbocycles. The van der Waals surface area contributed by atoms with Crippen molar-refractivity contribution >= 4 is 21.9 Å². The van der Waals surface area contributed by atoms with Gasteiger partial charge >= 0.3 is 0 Å². The molecule has 1 fully saturated rings. The van der Waals surface area contributed by atoms with E-state index in [4.69, 9.17) is 4.98 Å². The lowest BCUT2D eigenvalue weighted by molar-refractivity contribution is 0.222. The van der Waals surface area contributed by atoms with E-state index in [0.29, 0.717) is 11.6 Å². The van der Waals surface area contributed by atoms with Crippen molar-refractivity contribution in [3.8, 4) is 16.9 Å². The average molecular weight is 390 g/mol. The zero-order valence-corrected chi connectivity index (χ0v) is 16.6. The number of fused-ring (bicyclic) bond motifs is 3. The summed E-state index contributed by atoms with van der Waals surface area (Å²) in [4.78, 5) is 11.7. The van der Waals surface area contributed by atoms with E-state index in [-0.39, 0.29) is 5.75 Å². The van der Waals surface area contributed by atoms with Gasteiger partial charge in [0.1, 0.15) is 22.9 Å². The molecule has 2 aromatic carbocycles. The molecule has 0 spiro atoms. The number of hydrogen-bond donors (Lipinski definition) is 1. The Morgan fingerprint density at radius 2 is 1.86 bits per heavy atom. The Morgan fingerprint density at radius 1 is 1.07 bits per heavy atom. The third-order valence-corrected chi connectivity index (χ3v) is 6.01. The number of nitrogens with zero attached hydrogens (tertiary/aromatic N) is 4. The SMILES string of the molecule is Cc1nc2cnc3ccc(-c4ccc(O)cc4F)cc3c2n1C1CCN(C)CC1. The number of aryl methyl sites for hydroxylation is 1. The highest BCUT2D eigenvalue weighted by Gasteiger charge is 2.23. The third kappa shape index (κ3) is 3.04. The molecule has 0 unspecified atom stereocenters. The first-order valence-electron chi connectivity index (χ1n) is 9.96. The molecule has 0 bridgehead atoms. The number of aromatic hydroxyl groups is 1. The van der Waals surface area contributed by atoms with Gasteiger partial charge in [-0.1, -0.05) is 6.07 Å². The Kier molecular flexibility index (Phi) is 4.24. The largest absolute Gasteiger partial charge is 0.508 e. The number of rotatable bonds is 2. The summed E-state index contributed by atoms with van der Waals surface area (Å²) in [6, 6.07) is 10.5. The maximum absolute atomic E-state index is 14.5. The Labute approximate surface area is 168 Å². The summed E-state index contributed by atoms with van der Waals surface area (Å²) < 4.78 is 16.8. The van der Waals surface area contributed by atoms with Crippen molar-refractivity contribution in [2.24, 2.45) is 0 Å². The fourth-order valence-corrected chi connectivity index (χ4v) is 4.50. The predicted molar refractivity (Wildman–Crippen MR) is 113 cm³/mol. The molecule has 5 rings (SSSR count). The summed E-state index contributed by atoms with van der Waals surface area (Å²) in [6.07, 6.45) is 3.99. The normalized spacial score (nSPS) is 16.1. The molecule has 4 aromatic rings. The number of phenolic OH excluding ortho intramolecular Hbond substituents is 1. The number of phenols is 1. The van der Waals surface area contributed by atoms with Crippen LogP contribution in [0.4, 0.5) is 4.39 Å². The van der Waals surface area contributed by atoms with Crippen LogP contribution in [0.1, 0.15) is 24.7 Å². The van der Waals surface area contributed by atoms with Crippen molar-refractivity contribution in [1.82, 2.24) is 19.4 Å². The molecule has 2 aromatic heterocycles. The van der Waals surface area contributed by atoms with Crippen LogP contribution >= 0.6 is 0 Å². The van der Waals surface area contributed by atoms with Crippen molar-refractivity contribution in [3.63, 3.8) is 0 Å². The van der Waals surface area contributed by atoms with Crippen molar-refractivity contribution in [2.75, 3.05) is 20.1 Å². The highest BCUT2D eigenvalue weighted by atomic mass is 19.1. The molecule has 1 N–H and O–H groups in total. The van der Waals surface area contributed by atoms with Gasteiger partial charge in [-0.25, -0.2) is 9.37 Å². The number of benzene rings is 2. The van der Waals surface area contributed by atoms with E-state index >= 15 is 0 Å². The lowest BCUT2D eigenvalue weighted by Gasteiger charge is -2.31. The Hall–Kier alpha value is -2.99. The highest BCUT2D eigenvalue weighted by molar-refractivity contribution is 6.04. The summed E-state index contributed by atoms with van der Waals surface area (Å²) in [5.41, 5.74) is 4.04. The molecule has 1 aliphatic heterocycles. The number of likely N-dealkylation sites (tertiary alicyclic amines) is 1. The molecular weight excluding hydrogens is 367 g/mol. The first-order valence-corrected chi connectivity index (χ1v) is 9.96. The second kappa shape index (κ2) is 6.81. The molecule has 0 atom stereocenters. The zero-order chi connectivity index (χ0) is 20.1. The van der Waals surface area contributed by atoms with E-state index < -0.39 is 5.82 Å². The van der Waals surface area contributed by atoms with Crippen LogP contribution in [0.15, 0.2) is 42.6 Å². The lowest BCUT2D eigenvalue weighted by atomic mass is 10.0. The minimum atomic E-state index is -0.440. The van der Waals surface area contributed by atoms with Crippen LogP contribution in [-0.4, -0.2) is 44.7 Å². The van der Waals surface area contributed by atoms with Crippen LogP contribution < -0.4 is 0 Å². The van der Waals surface area contributed by atoms with Crippen LogP contribution in [0.25, 0.3) is 33.1 Å². The van der Waals surface area contributed by atoms with Gasteiger partial charge < -0.3 is 14.6 Å². The van der Waals surface area contributed by atoms with Crippen molar-refractivity contribution in [1.29, 1.82) is 0 Å². The minimum absolute atomic E-state index is 0.0768. The van der Waals surface area contributed by atoms with Crippen LogP contribution in [-0.2, 0) is 0 Å². The summed E-state index contributed by atoms with van der Waals surface area (Å²) in [7, 11) is 2.16. The van der Waals surface area contributed by atoms with Gasteiger partial charge in [-0.3, -0.25) is 4.98 Å². The van der Waals surface area contributed by atoms with Crippen molar-refractivity contribution in [2.45, 2.75) is 25.8 Å². The molecule has 148 valence electrons. The van der Waals surface area contributed by atoms with E-state index in [1.807, 2.05) is 31.3 Å². The standard InChI is InChI=1S/C23H23FN4O/c1-14-26-22-13-25-21-6-3-15(18-5-4-17(29)12-20(18)24)11-19(21)23(22)28(14)16-7-9-27(2)10-8-16/h3-6,11-13,16,29H,7-10H2,1-2H3. The Balaban J connectivity index is 1.72. The first-order chi connectivity index (χ1) is 14.0. The molecule has 1 saturated heterocycles. The van der Waals surface area contributed by atoms with Gasteiger partial charge in [-0.2, -0.15) is 0 Å². The molecule has 0 aliphatic carbocycles. The second-order valence-electron chi connectivity index (χ2n) is 7.95. The first kappa shape index (κ1) is 18.1. The number of aromatic nitrogens is 3. The van der Waals surface area contributed by atoms with E-state index in [2.05, 4.69) is 21.5 Å². The van der Waals surface area contributed by atoms with Gasteiger partial charge in [-0.05, 0) is 69.7 Å². The molecule has 29 heavy (non-hydrogen) atoms. The van der Waals surface area contributed by atoms with E-state index in [9.17, 15) is 9.50 Å². The number of imidazole rings is 1. The lowest BCUT2D eigenvalue weighted by Crippen LogP contribution is -2.31. The molecule has 5 nitrogen and oxygen atoms in total. The second-order valence-corrected chi connectivity index (χ2v) is 7.95. The van der Waals surface area contributed by atoms with Gasteiger partial charge in [-0.15, -0.1) is 0 Å². The number of halogens is 1. The molecule has 1 aliphatic rings. The number of hydrogen-bond acceptors (Lipinski definition) is 4. The van der Waals surface area contributed by atoms with Gasteiger partial charge in [0.15, 0.2) is 0 Å².